The Morgan fingerprint density at radius 1 is 1.29 bits per heavy atom. The molecule has 2 heterocycles. The predicted molar refractivity (Wildman–Crippen MR) is 114 cm³/mol. The summed E-state index contributed by atoms with van der Waals surface area (Å²) in [7, 11) is 1.54. The number of nitrogens with zero attached hydrogens (tertiary/aromatic N) is 2. The lowest BCUT2D eigenvalue weighted by molar-refractivity contribution is -0.149. The third-order valence-corrected chi connectivity index (χ3v) is 6.73. The Kier molecular flexibility index (Phi) is 5.65. The number of ether oxygens (including phenoxy) is 2. The monoisotopic (exact) mass is 440 g/mol. The van der Waals surface area contributed by atoms with E-state index in [-0.39, 0.29) is 18.1 Å². The Labute approximate surface area is 183 Å². The molecule has 0 radical (unpaired) electrons. The summed E-state index contributed by atoms with van der Waals surface area (Å²) >= 11 is 1.25. The molecule has 1 fully saturated rings. The van der Waals surface area contributed by atoms with Crippen molar-refractivity contribution in [3.63, 3.8) is 0 Å². The number of rotatable bonds is 5. The van der Waals surface area contributed by atoms with Gasteiger partial charge in [0.15, 0.2) is 17.2 Å². The van der Waals surface area contributed by atoms with Gasteiger partial charge in [-0.1, -0.05) is 18.2 Å². The SMILES string of the molecule is CCOc1ccc([C@@H]2CC(=O)N3C(=C2C#N)SC[C@@]3(O)c2ccc(F)cc2)cc1OC. The molecule has 2 aromatic carbocycles. The molecule has 31 heavy (non-hydrogen) atoms. The molecular weight excluding hydrogens is 419 g/mol. The van der Waals surface area contributed by atoms with E-state index in [0.29, 0.717) is 34.3 Å². The van der Waals surface area contributed by atoms with Gasteiger partial charge in [0, 0.05) is 17.9 Å². The van der Waals surface area contributed by atoms with Gasteiger partial charge in [-0.2, -0.15) is 5.26 Å². The highest BCUT2D eigenvalue weighted by Gasteiger charge is 2.51. The number of carbonyl (C=O) groups is 1. The van der Waals surface area contributed by atoms with Gasteiger partial charge in [0.1, 0.15) is 5.82 Å². The predicted octanol–water partition coefficient (Wildman–Crippen LogP) is 3.88. The fourth-order valence-corrected chi connectivity index (χ4v) is 5.38. The number of methoxy groups -OCH3 is 1. The zero-order valence-corrected chi connectivity index (χ0v) is 17.9. The summed E-state index contributed by atoms with van der Waals surface area (Å²) in [4.78, 5) is 14.5. The molecule has 2 atom stereocenters. The summed E-state index contributed by atoms with van der Waals surface area (Å²) in [6.07, 6.45) is 0.0214. The Hall–Kier alpha value is -3.02. The van der Waals surface area contributed by atoms with Crippen molar-refractivity contribution in [1.82, 2.24) is 4.90 Å². The van der Waals surface area contributed by atoms with Gasteiger partial charge < -0.3 is 14.6 Å². The lowest BCUT2D eigenvalue weighted by atomic mass is 9.85. The summed E-state index contributed by atoms with van der Waals surface area (Å²) in [5.41, 5.74) is -0.0544. The van der Waals surface area contributed by atoms with E-state index in [2.05, 4.69) is 6.07 Å². The molecule has 0 unspecified atom stereocenters. The number of fused-ring (bicyclic) bond motifs is 1. The molecule has 6 nitrogen and oxygen atoms in total. The Morgan fingerprint density at radius 2 is 2.03 bits per heavy atom. The van der Waals surface area contributed by atoms with Crippen LogP contribution in [0.5, 0.6) is 11.5 Å². The molecule has 0 aromatic heterocycles. The first-order valence-corrected chi connectivity index (χ1v) is 10.8. The zero-order chi connectivity index (χ0) is 22.2. The molecule has 4 rings (SSSR count). The van der Waals surface area contributed by atoms with Gasteiger partial charge in [0.05, 0.1) is 36.1 Å². The molecule has 2 aliphatic rings. The number of halogens is 1. The lowest BCUT2D eigenvalue weighted by Gasteiger charge is -2.38. The second-order valence-electron chi connectivity index (χ2n) is 7.27. The van der Waals surface area contributed by atoms with Gasteiger partial charge >= 0.3 is 0 Å². The van der Waals surface area contributed by atoms with E-state index in [1.165, 1.54) is 48.0 Å². The van der Waals surface area contributed by atoms with Crippen molar-refractivity contribution in [3.05, 3.63) is 70.0 Å². The standard InChI is InChI=1S/C23H21FN2O4S/c1-3-30-19-9-4-14(10-20(19)29-2)17-11-21(27)26-22(18(17)12-25)31-13-23(26,28)15-5-7-16(24)8-6-15/h4-10,17,28H,3,11,13H2,1-2H3/t17-,23+/m0/s1. The van der Waals surface area contributed by atoms with E-state index in [9.17, 15) is 19.6 Å². The lowest BCUT2D eigenvalue weighted by Crippen LogP contribution is -2.48. The van der Waals surface area contributed by atoms with Crippen LogP contribution in [0.15, 0.2) is 53.1 Å². The van der Waals surface area contributed by atoms with Crippen molar-refractivity contribution in [1.29, 1.82) is 5.26 Å². The normalized spacial score (nSPS) is 22.9. The molecule has 0 spiro atoms. The van der Waals surface area contributed by atoms with E-state index in [4.69, 9.17) is 9.47 Å². The first-order valence-electron chi connectivity index (χ1n) is 9.82. The van der Waals surface area contributed by atoms with E-state index >= 15 is 0 Å². The maximum Gasteiger partial charge on any atom is 0.231 e. The molecule has 0 saturated carbocycles. The topological polar surface area (TPSA) is 82.8 Å². The van der Waals surface area contributed by atoms with Gasteiger partial charge in [-0.05, 0) is 36.8 Å². The number of nitriles is 1. The molecule has 1 saturated heterocycles. The molecule has 2 aliphatic heterocycles. The molecule has 2 aromatic rings. The zero-order valence-electron chi connectivity index (χ0n) is 17.1. The largest absolute Gasteiger partial charge is 0.493 e. The molecule has 160 valence electrons. The number of aliphatic hydroxyl groups is 1. The van der Waals surface area contributed by atoms with E-state index in [1.807, 2.05) is 13.0 Å². The van der Waals surface area contributed by atoms with Crippen LogP contribution in [0.2, 0.25) is 0 Å². The van der Waals surface area contributed by atoms with Crippen molar-refractivity contribution < 1.29 is 23.8 Å². The van der Waals surface area contributed by atoms with Crippen LogP contribution in [-0.4, -0.2) is 35.4 Å². The number of allylic oxidation sites excluding steroid dienone is 1. The van der Waals surface area contributed by atoms with Crippen molar-refractivity contribution in [3.8, 4) is 17.6 Å². The summed E-state index contributed by atoms with van der Waals surface area (Å²) in [6, 6.07) is 13.0. The first-order chi connectivity index (χ1) is 14.9. The minimum Gasteiger partial charge on any atom is -0.493 e. The Balaban J connectivity index is 1.76. The number of benzene rings is 2. The maximum atomic E-state index is 13.4. The second-order valence-corrected chi connectivity index (χ2v) is 8.24. The summed E-state index contributed by atoms with van der Waals surface area (Å²) in [5, 5.41) is 21.7. The highest BCUT2D eigenvalue weighted by Crippen LogP contribution is 2.52. The molecule has 0 bridgehead atoms. The minimum atomic E-state index is -1.63. The van der Waals surface area contributed by atoms with Crippen LogP contribution in [0.1, 0.15) is 30.4 Å². The van der Waals surface area contributed by atoms with Crippen LogP contribution in [0, 0.1) is 17.1 Å². The molecule has 8 heteroatoms. The molecule has 1 amide bonds. The van der Waals surface area contributed by atoms with Crippen LogP contribution < -0.4 is 9.47 Å². The number of thioether (sulfide) groups is 1. The number of carbonyl (C=O) groups excluding carboxylic acids is 1. The second kappa shape index (κ2) is 8.25. The van der Waals surface area contributed by atoms with Crippen LogP contribution in [-0.2, 0) is 10.5 Å². The highest BCUT2D eigenvalue weighted by molar-refractivity contribution is 8.03. The Morgan fingerprint density at radius 3 is 2.68 bits per heavy atom. The molecular formula is C23H21FN2O4S. The summed E-state index contributed by atoms with van der Waals surface area (Å²) in [5.74, 6) is 0.0774. The number of amides is 1. The third kappa shape index (κ3) is 3.54. The van der Waals surface area contributed by atoms with Gasteiger partial charge in [-0.15, -0.1) is 11.8 Å². The average Bonchev–Trinajstić information content (AvgIpc) is 3.13. The van der Waals surface area contributed by atoms with E-state index in [0.717, 1.165) is 5.56 Å². The Bertz CT molecular complexity index is 1100. The fraction of sp³-hybridized carbons (Fsp3) is 0.304. The number of hydrogen-bond donors (Lipinski definition) is 1. The molecule has 1 N–H and O–H groups in total. The van der Waals surface area contributed by atoms with Crippen molar-refractivity contribution in [2.45, 2.75) is 25.0 Å². The van der Waals surface area contributed by atoms with Gasteiger partial charge in [0.25, 0.3) is 0 Å². The summed E-state index contributed by atoms with van der Waals surface area (Å²) < 4.78 is 24.3. The fourth-order valence-electron chi connectivity index (χ4n) is 4.02. The number of hydrogen-bond acceptors (Lipinski definition) is 6. The van der Waals surface area contributed by atoms with Crippen LogP contribution in [0.4, 0.5) is 4.39 Å². The van der Waals surface area contributed by atoms with Crippen LogP contribution in [0.25, 0.3) is 0 Å². The van der Waals surface area contributed by atoms with E-state index < -0.39 is 17.5 Å². The van der Waals surface area contributed by atoms with Crippen LogP contribution in [0.3, 0.4) is 0 Å². The molecule has 0 aliphatic carbocycles. The van der Waals surface area contributed by atoms with Crippen molar-refractivity contribution in [2.75, 3.05) is 19.5 Å². The van der Waals surface area contributed by atoms with Crippen LogP contribution >= 0.6 is 11.8 Å². The highest BCUT2D eigenvalue weighted by atomic mass is 32.2. The summed E-state index contributed by atoms with van der Waals surface area (Å²) in [6.45, 7) is 2.36. The maximum absolute atomic E-state index is 13.4. The average molecular weight is 440 g/mol. The quantitative estimate of drug-likeness (QED) is 0.760. The van der Waals surface area contributed by atoms with Gasteiger partial charge in [0.2, 0.25) is 5.91 Å². The van der Waals surface area contributed by atoms with Crippen molar-refractivity contribution in [2.24, 2.45) is 0 Å². The first kappa shape index (κ1) is 21.2. The smallest absolute Gasteiger partial charge is 0.231 e. The van der Waals surface area contributed by atoms with E-state index in [1.54, 1.807) is 12.1 Å². The van der Waals surface area contributed by atoms with Gasteiger partial charge in [-0.25, -0.2) is 4.39 Å². The third-order valence-electron chi connectivity index (χ3n) is 5.51. The minimum absolute atomic E-state index is 0.0214. The van der Waals surface area contributed by atoms with Gasteiger partial charge in [-0.3, -0.25) is 9.69 Å². The van der Waals surface area contributed by atoms with Crippen molar-refractivity contribution >= 4 is 17.7 Å².